The van der Waals surface area contributed by atoms with E-state index in [0.717, 1.165) is 44.9 Å². The number of carboxylic acids is 1. The Labute approximate surface area is 183 Å². The Kier molecular flexibility index (Phi) is 5.86. The molecule has 1 N–H and O–H groups in total. The third kappa shape index (κ3) is 3.87. The highest BCUT2D eigenvalue weighted by atomic mass is 16.5. The van der Waals surface area contributed by atoms with Crippen molar-refractivity contribution in [3.05, 3.63) is 11.6 Å². The van der Waals surface area contributed by atoms with E-state index in [0.29, 0.717) is 24.2 Å². The minimum absolute atomic E-state index is 0.0157. The van der Waals surface area contributed by atoms with Gasteiger partial charge >= 0.3 is 11.9 Å². The molecule has 3 saturated carbocycles. The third-order valence-electron chi connectivity index (χ3n) is 9.27. The van der Waals surface area contributed by atoms with E-state index in [1.807, 2.05) is 6.08 Å². The van der Waals surface area contributed by atoms with Crippen molar-refractivity contribution in [2.45, 2.75) is 78.1 Å². The monoisotopic (exact) mass is 430 g/mol. The van der Waals surface area contributed by atoms with Crippen molar-refractivity contribution in [1.82, 2.24) is 0 Å². The second kappa shape index (κ2) is 8.18. The number of aliphatic carboxylic acids is 1. The van der Waals surface area contributed by atoms with E-state index in [1.165, 1.54) is 5.57 Å². The molecule has 6 nitrogen and oxygen atoms in total. The van der Waals surface area contributed by atoms with Crippen LogP contribution in [0.2, 0.25) is 0 Å². The molecule has 0 aromatic rings. The minimum atomic E-state index is -1.05. The summed E-state index contributed by atoms with van der Waals surface area (Å²) in [6.07, 6.45) is 9.11. The molecule has 0 aliphatic heterocycles. The number of fused-ring (bicyclic) bond motifs is 5. The molecule has 0 unspecified atom stereocenters. The molecule has 0 bridgehead atoms. The average Bonchev–Trinajstić information content (AvgIpc) is 3.08. The van der Waals surface area contributed by atoms with E-state index in [9.17, 15) is 19.2 Å². The highest BCUT2D eigenvalue weighted by Gasteiger charge is 2.60. The summed E-state index contributed by atoms with van der Waals surface area (Å²) in [5.41, 5.74) is 1.42. The van der Waals surface area contributed by atoms with Crippen LogP contribution in [0.5, 0.6) is 0 Å². The normalized spacial score (nSPS) is 39.0. The fourth-order valence-electron chi connectivity index (χ4n) is 7.62. The molecule has 4 aliphatic rings. The number of allylic oxidation sites excluding steroid dienone is 1. The number of hydrogen-bond donors (Lipinski definition) is 1. The number of ether oxygens (including phenoxy) is 1. The van der Waals surface area contributed by atoms with Crippen molar-refractivity contribution in [1.29, 1.82) is 0 Å². The molecule has 0 radical (unpaired) electrons. The van der Waals surface area contributed by atoms with Crippen molar-refractivity contribution in [2.75, 3.05) is 6.61 Å². The van der Waals surface area contributed by atoms with Gasteiger partial charge in [0.05, 0.1) is 12.8 Å². The van der Waals surface area contributed by atoms with Crippen LogP contribution in [0.15, 0.2) is 11.6 Å². The number of esters is 1. The van der Waals surface area contributed by atoms with E-state index in [1.54, 1.807) is 0 Å². The van der Waals surface area contributed by atoms with Crippen molar-refractivity contribution in [3.8, 4) is 0 Å². The smallest absolute Gasteiger partial charge is 0.306 e. The Morgan fingerprint density at radius 3 is 2.55 bits per heavy atom. The SMILES string of the molecule is C[C@@]12CC[C@H]3[C@H](CCC4=CC(=O)CC[C@]43C)[C@@H]1CC[C@@H]2C(=O)COC(=O)CCC(=O)O. The molecule has 170 valence electrons. The van der Waals surface area contributed by atoms with Gasteiger partial charge in [-0.15, -0.1) is 0 Å². The van der Waals surface area contributed by atoms with Crippen LogP contribution in [0.4, 0.5) is 0 Å². The average molecular weight is 431 g/mol. The second-order valence-electron chi connectivity index (χ2n) is 10.7. The lowest BCUT2D eigenvalue weighted by Gasteiger charge is -2.58. The topological polar surface area (TPSA) is 97.7 Å². The van der Waals surface area contributed by atoms with Crippen molar-refractivity contribution >= 4 is 23.5 Å². The number of carboxylic acid groups (broad SMARTS) is 1. The Bertz CT molecular complexity index is 828. The van der Waals surface area contributed by atoms with Crippen LogP contribution in [0.25, 0.3) is 0 Å². The van der Waals surface area contributed by atoms with E-state index in [2.05, 4.69) is 13.8 Å². The van der Waals surface area contributed by atoms with Gasteiger partial charge in [-0.25, -0.2) is 0 Å². The van der Waals surface area contributed by atoms with Crippen LogP contribution in [-0.4, -0.2) is 35.2 Å². The summed E-state index contributed by atoms with van der Waals surface area (Å²) in [5, 5.41) is 8.68. The molecule has 0 aromatic carbocycles. The molecule has 4 aliphatic carbocycles. The maximum atomic E-state index is 13.0. The molecule has 6 atom stereocenters. The Hall–Kier alpha value is -1.98. The Balaban J connectivity index is 1.43. The van der Waals surface area contributed by atoms with Gasteiger partial charge in [0.15, 0.2) is 11.6 Å². The van der Waals surface area contributed by atoms with E-state index in [4.69, 9.17) is 9.84 Å². The van der Waals surface area contributed by atoms with Gasteiger partial charge in [0, 0.05) is 12.3 Å². The predicted molar refractivity (Wildman–Crippen MR) is 113 cm³/mol. The summed E-state index contributed by atoms with van der Waals surface area (Å²) in [4.78, 5) is 47.3. The quantitative estimate of drug-likeness (QED) is 0.637. The number of ketones is 2. The van der Waals surface area contributed by atoms with Gasteiger partial charge in [0.2, 0.25) is 0 Å². The first-order valence-electron chi connectivity index (χ1n) is 11.8. The van der Waals surface area contributed by atoms with E-state index < -0.39 is 11.9 Å². The molecule has 0 aromatic heterocycles. The first-order chi connectivity index (χ1) is 14.6. The lowest BCUT2D eigenvalue weighted by molar-refractivity contribution is -0.152. The van der Waals surface area contributed by atoms with Gasteiger partial charge in [-0.05, 0) is 79.6 Å². The van der Waals surface area contributed by atoms with Crippen LogP contribution in [0.3, 0.4) is 0 Å². The number of rotatable bonds is 6. The fraction of sp³-hybridized carbons (Fsp3) is 0.760. The summed E-state index contributed by atoms with van der Waals surface area (Å²) >= 11 is 0. The van der Waals surface area contributed by atoms with Gasteiger partial charge in [0.25, 0.3) is 0 Å². The van der Waals surface area contributed by atoms with Gasteiger partial charge in [-0.3, -0.25) is 19.2 Å². The Morgan fingerprint density at radius 2 is 1.81 bits per heavy atom. The molecular formula is C25H34O6. The fourth-order valence-corrected chi connectivity index (χ4v) is 7.62. The first kappa shape index (κ1) is 22.2. The lowest BCUT2D eigenvalue weighted by Crippen LogP contribution is -2.51. The van der Waals surface area contributed by atoms with E-state index in [-0.39, 0.29) is 47.8 Å². The predicted octanol–water partition coefficient (Wildman–Crippen LogP) is 4.11. The third-order valence-corrected chi connectivity index (χ3v) is 9.27. The van der Waals surface area contributed by atoms with Crippen LogP contribution < -0.4 is 0 Å². The zero-order valence-corrected chi connectivity index (χ0v) is 18.7. The minimum Gasteiger partial charge on any atom is -0.481 e. The van der Waals surface area contributed by atoms with Crippen LogP contribution in [0, 0.1) is 34.5 Å². The molecule has 0 saturated heterocycles. The number of carbonyl (C=O) groups excluding carboxylic acids is 3. The summed E-state index contributed by atoms with van der Waals surface area (Å²) in [7, 11) is 0. The zero-order chi connectivity index (χ0) is 22.4. The molecule has 31 heavy (non-hydrogen) atoms. The molecule has 0 amide bonds. The van der Waals surface area contributed by atoms with Gasteiger partial charge in [-0.1, -0.05) is 19.4 Å². The van der Waals surface area contributed by atoms with E-state index >= 15 is 0 Å². The number of Topliss-reactive ketones (excluding diaryl/α,β-unsaturated/α-hetero) is 1. The number of hydrogen-bond acceptors (Lipinski definition) is 5. The highest BCUT2D eigenvalue weighted by Crippen LogP contribution is 2.66. The summed E-state index contributed by atoms with van der Waals surface area (Å²) in [5.74, 6) is 0.168. The maximum Gasteiger partial charge on any atom is 0.306 e. The van der Waals surface area contributed by atoms with Gasteiger partial charge in [-0.2, -0.15) is 0 Å². The summed E-state index contributed by atoms with van der Waals surface area (Å²) in [6.45, 7) is 4.37. The summed E-state index contributed by atoms with van der Waals surface area (Å²) in [6, 6.07) is 0. The molecule has 4 rings (SSSR count). The van der Waals surface area contributed by atoms with Crippen LogP contribution in [-0.2, 0) is 23.9 Å². The van der Waals surface area contributed by atoms with Crippen molar-refractivity contribution < 1.29 is 29.0 Å². The molecule has 0 spiro atoms. The Morgan fingerprint density at radius 1 is 1.03 bits per heavy atom. The molecule has 6 heteroatoms. The number of carbonyl (C=O) groups is 4. The maximum absolute atomic E-state index is 13.0. The first-order valence-corrected chi connectivity index (χ1v) is 11.8. The lowest BCUT2D eigenvalue weighted by atomic mass is 9.46. The molecular weight excluding hydrogens is 396 g/mol. The van der Waals surface area contributed by atoms with Crippen molar-refractivity contribution in [3.63, 3.8) is 0 Å². The van der Waals surface area contributed by atoms with Crippen LogP contribution >= 0.6 is 0 Å². The molecule has 0 heterocycles. The second-order valence-corrected chi connectivity index (χ2v) is 10.7. The van der Waals surface area contributed by atoms with Crippen LogP contribution in [0.1, 0.15) is 78.1 Å². The summed E-state index contributed by atoms with van der Waals surface area (Å²) < 4.78 is 5.10. The van der Waals surface area contributed by atoms with Crippen molar-refractivity contribution in [2.24, 2.45) is 34.5 Å². The largest absolute Gasteiger partial charge is 0.481 e. The molecule has 3 fully saturated rings. The standard InChI is InChI=1S/C25H34O6/c1-24-11-9-16(26)13-15(24)3-4-17-18-5-6-20(25(18,2)12-10-19(17)24)21(27)14-31-23(30)8-7-22(28)29/h13,17-20H,3-12,14H2,1-2H3,(H,28,29)/t17-,18+,19+,20-,24-,25-/m1/s1. The zero-order valence-electron chi connectivity index (χ0n) is 18.7. The van der Waals surface area contributed by atoms with Gasteiger partial charge < -0.3 is 9.84 Å². The van der Waals surface area contributed by atoms with Gasteiger partial charge in [0.1, 0.15) is 6.61 Å². The highest BCUT2D eigenvalue weighted by molar-refractivity contribution is 5.91.